The molecule has 7 nitrogen and oxygen atoms in total. The zero-order valence-electron chi connectivity index (χ0n) is 13.8. The number of aryl methyl sites for hydroxylation is 1. The van der Waals surface area contributed by atoms with Crippen molar-refractivity contribution in [1.29, 1.82) is 10.5 Å². The van der Waals surface area contributed by atoms with Gasteiger partial charge in [0, 0.05) is 12.2 Å². The third-order valence-electron chi connectivity index (χ3n) is 3.55. The summed E-state index contributed by atoms with van der Waals surface area (Å²) in [5.74, 6) is 0.961. The second-order valence-electron chi connectivity index (χ2n) is 5.19. The Morgan fingerprint density at radius 3 is 2.38 bits per heavy atom. The predicted octanol–water partition coefficient (Wildman–Crippen LogP) is 2.38. The van der Waals surface area contributed by atoms with E-state index in [4.69, 9.17) is 16.3 Å². The molecule has 0 amide bonds. The molecule has 24 heavy (non-hydrogen) atoms. The van der Waals surface area contributed by atoms with Gasteiger partial charge < -0.3 is 15.5 Å². The van der Waals surface area contributed by atoms with Crippen LogP contribution in [0.25, 0.3) is 0 Å². The lowest BCUT2D eigenvalue weighted by atomic mass is 10.2. The van der Waals surface area contributed by atoms with Gasteiger partial charge in [0.15, 0.2) is 11.6 Å². The van der Waals surface area contributed by atoms with Gasteiger partial charge in [0.05, 0.1) is 12.1 Å². The van der Waals surface area contributed by atoms with E-state index in [2.05, 4.69) is 9.97 Å². The van der Waals surface area contributed by atoms with Crippen LogP contribution in [0.15, 0.2) is 30.6 Å². The molecule has 2 aromatic rings. The summed E-state index contributed by atoms with van der Waals surface area (Å²) >= 11 is 0. The molecule has 1 heterocycles. The maximum atomic E-state index is 8.95. The number of hydrogen-bond acceptors (Lipinski definition) is 7. The Hall–Kier alpha value is -3.32. The molecule has 0 saturated carbocycles. The van der Waals surface area contributed by atoms with Crippen LogP contribution in [0.3, 0.4) is 0 Å². The summed E-state index contributed by atoms with van der Waals surface area (Å²) in [6, 6.07) is 12.1. The summed E-state index contributed by atoms with van der Waals surface area (Å²) in [7, 11) is 0. The number of hydrogen-bond donors (Lipinski definition) is 1. The maximum absolute atomic E-state index is 8.95. The van der Waals surface area contributed by atoms with Crippen molar-refractivity contribution in [2.75, 3.05) is 35.2 Å². The van der Waals surface area contributed by atoms with Crippen LogP contribution in [0, 0.1) is 29.6 Å². The van der Waals surface area contributed by atoms with E-state index in [-0.39, 0.29) is 13.1 Å². The predicted molar refractivity (Wildman–Crippen MR) is 93.7 cm³/mol. The Morgan fingerprint density at radius 2 is 1.79 bits per heavy atom. The van der Waals surface area contributed by atoms with Gasteiger partial charge in [-0.15, -0.1) is 0 Å². The van der Waals surface area contributed by atoms with Crippen molar-refractivity contribution in [2.45, 2.75) is 13.8 Å². The Morgan fingerprint density at radius 1 is 1.12 bits per heavy atom. The van der Waals surface area contributed by atoms with E-state index in [1.54, 1.807) is 0 Å². The van der Waals surface area contributed by atoms with Gasteiger partial charge in [0.25, 0.3) is 0 Å². The second-order valence-corrected chi connectivity index (χ2v) is 5.19. The normalized spacial score (nSPS) is 9.83. The lowest BCUT2D eigenvalue weighted by Crippen LogP contribution is -2.27. The van der Waals surface area contributed by atoms with Gasteiger partial charge in [-0.1, -0.05) is 12.1 Å². The molecule has 1 aromatic carbocycles. The molecule has 0 spiro atoms. The topological polar surface area (TPSA) is 106 Å². The minimum Gasteiger partial charge on any atom is -0.393 e. The molecular formula is C17H19N7. The van der Waals surface area contributed by atoms with Crippen molar-refractivity contribution in [1.82, 2.24) is 9.97 Å². The van der Waals surface area contributed by atoms with Gasteiger partial charge in [0.1, 0.15) is 25.1 Å². The molecule has 0 unspecified atom stereocenters. The molecule has 0 aliphatic heterocycles. The summed E-state index contributed by atoms with van der Waals surface area (Å²) < 4.78 is 0. The maximum Gasteiger partial charge on any atom is 0.161 e. The Labute approximate surface area is 141 Å². The van der Waals surface area contributed by atoms with Gasteiger partial charge in [-0.3, -0.25) is 0 Å². The smallest absolute Gasteiger partial charge is 0.161 e. The van der Waals surface area contributed by atoms with E-state index in [0.717, 1.165) is 11.3 Å². The fourth-order valence-corrected chi connectivity index (χ4v) is 2.47. The molecule has 0 bridgehead atoms. The van der Waals surface area contributed by atoms with Crippen LogP contribution >= 0.6 is 0 Å². The molecule has 122 valence electrons. The first-order valence-electron chi connectivity index (χ1n) is 7.55. The summed E-state index contributed by atoms with van der Waals surface area (Å²) in [6.45, 7) is 4.76. The third-order valence-corrected chi connectivity index (χ3v) is 3.55. The first kappa shape index (κ1) is 17.0. The lowest BCUT2D eigenvalue weighted by molar-refractivity contribution is 0.916. The number of nitrogens with two attached hydrogens (primary N) is 1. The zero-order valence-corrected chi connectivity index (χ0v) is 13.8. The highest BCUT2D eigenvalue weighted by Crippen LogP contribution is 2.33. The molecule has 0 saturated heterocycles. The van der Waals surface area contributed by atoms with Crippen molar-refractivity contribution < 1.29 is 0 Å². The van der Waals surface area contributed by atoms with Gasteiger partial charge in [-0.05, 0) is 31.5 Å². The van der Waals surface area contributed by atoms with Crippen LogP contribution < -0.4 is 15.5 Å². The lowest BCUT2D eigenvalue weighted by Gasteiger charge is -2.26. The molecule has 0 aliphatic carbocycles. The number of aromatic nitrogens is 2. The molecule has 7 heteroatoms. The van der Waals surface area contributed by atoms with E-state index in [9.17, 15) is 0 Å². The van der Waals surface area contributed by atoms with E-state index < -0.39 is 0 Å². The minimum absolute atomic E-state index is 0.0325. The monoisotopic (exact) mass is 321 g/mol. The molecule has 0 aliphatic rings. The van der Waals surface area contributed by atoms with Crippen molar-refractivity contribution in [3.63, 3.8) is 0 Å². The molecule has 0 fully saturated rings. The molecule has 0 atom stereocenters. The van der Waals surface area contributed by atoms with Gasteiger partial charge >= 0.3 is 0 Å². The van der Waals surface area contributed by atoms with Crippen LogP contribution in [0.5, 0.6) is 0 Å². The van der Waals surface area contributed by atoms with Gasteiger partial charge in [-0.2, -0.15) is 10.5 Å². The van der Waals surface area contributed by atoms with Crippen molar-refractivity contribution >= 4 is 23.0 Å². The van der Waals surface area contributed by atoms with E-state index >= 15 is 0 Å². The summed E-state index contributed by atoms with van der Waals surface area (Å²) in [4.78, 5) is 12.0. The van der Waals surface area contributed by atoms with Crippen molar-refractivity contribution in [3.8, 4) is 12.1 Å². The molecule has 1 aromatic heterocycles. The van der Waals surface area contributed by atoms with Crippen LogP contribution in [-0.2, 0) is 0 Å². The highest BCUT2D eigenvalue weighted by atomic mass is 15.3. The number of benzene rings is 1. The average molecular weight is 321 g/mol. The fourth-order valence-electron chi connectivity index (χ4n) is 2.47. The van der Waals surface area contributed by atoms with Crippen molar-refractivity contribution in [2.24, 2.45) is 0 Å². The van der Waals surface area contributed by atoms with Crippen LogP contribution in [0.1, 0.15) is 12.5 Å². The zero-order chi connectivity index (χ0) is 17.5. The Balaban J connectivity index is 2.49. The summed E-state index contributed by atoms with van der Waals surface area (Å²) in [6.07, 6.45) is 1.40. The van der Waals surface area contributed by atoms with Crippen LogP contribution in [-0.4, -0.2) is 29.6 Å². The standard InChI is InChI=1S/C17H19N7/c1-3-24(14-6-4-5-13(2)11-14)17-15(20)16(21-12-22-17)23(9-7-18)10-8-19/h4-6,11-12H,3,9-10,20H2,1-2H3. The largest absolute Gasteiger partial charge is 0.393 e. The Kier molecular flexibility index (Phi) is 5.54. The van der Waals surface area contributed by atoms with Gasteiger partial charge in [0.2, 0.25) is 0 Å². The van der Waals surface area contributed by atoms with Crippen LogP contribution in [0.4, 0.5) is 23.0 Å². The Bertz CT molecular complexity index is 772. The third kappa shape index (κ3) is 3.53. The van der Waals surface area contributed by atoms with Crippen LogP contribution in [0.2, 0.25) is 0 Å². The number of nitrogens with zero attached hydrogens (tertiary/aromatic N) is 6. The van der Waals surface area contributed by atoms with E-state index in [0.29, 0.717) is 23.9 Å². The quantitative estimate of drug-likeness (QED) is 0.814. The number of rotatable bonds is 6. The minimum atomic E-state index is 0.0325. The average Bonchev–Trinajstić information content (AvgIpc) is 2.57. The van der Waals surface area contributed by atoms with E-state index in [1.807, 2.05) is 55.2 Å². The molecule has 2 N–H and O–H groups in total. The fraction of sp³-hybridized carbons (Fsp3) is 0.294. The molecular weight excluding hydrogens is 302 g/mol. The second kappa shape index (κ2) is 7.80. The number of anilines is 4. The first-order chi connectivity index (χ1) is 11.6. The van der Waals surface area contributed by atoms with Crippen molar-refractivity contribution in [3.05, 3.63) is 36.2 Å². The molecule has 2 rings (SSSR count). The summed E-state index contributed by atoms with van der Waals surface area (Å²) in [5.41, 5.74) is 8.73. The first-order valence-corrected chi connectivity index (χ1v) is 7.55. The molecule has 0 radical (unpaired) electrons. The highest BCUT2D eigenvalue weighted by Gasteiger charge is 2.19. The van der Waals surface area contributed by atoms with E-state index in [1.165, 1.54) is 11.2 Å². The highest BCUT2D eigenvalue weighted by molar-refractivity contribution is 5.80. The number of nitrogen functional groups attached to an aromatic ring is 1. The number of nitriles is 2. The van der Waals surface area contributed by atoms with Gasteiger partial charge in [-0.25, -0.2) is 9.97 Å². The SMILES string of the molecule is CCN(c1cccc(C)c1)c1ncnc(N(CC#N)CC#N)c1N. The summed E-state index contributed by atoms with van der Waals surface area (Å²) in [5, 5.41) is 17.9.